The number of para-hydroxylation sites is 1. The molecular formula is C16H16N2O6S. The molecule has 1 atom stereocenters. The van der Waals surface area contributed by atoms with E-state index in [1.807, 2.05) is 0 Å². The molecular weight excluding hydrogens is 348 g/mol. The van der Waals surface area contributed by atoms with Crippen LogP contribution in [0.5, 0.6) is 5.75 Å². The van der Waals surface area contributed by atoms with E-state index in [0.29, 0.717) is 5.69 Å². The maximum absolute atomic E-state index is 12.1. The van der Waals surface area contributed by atoms with Crippen LogP contribution in [-0.2, 0) is 19.6 Å². The van der Waals surface area contributed by atoms with Gasteiger partial charge in [-0.05, 0) is 43.3 Å². The van der Waals surface area contributed by atoms with Gasteiger partial charge in [0, 0.05) is 5.69 Å². The van der Waals surface area contributed by atoms with Gasteiger partial charge in [-0.15, -0.1) is 0 Å². The monoisotopic (exact) mass is 364 g/mol. The van der Waals surface area contributed by atoms with Crippen molar-refractivity contribution in [1.82, 2.24) is 0 Å². The molecule has 9 heteroatoms. The van der Waals surface area contributed by atoms with Crippen molar-refractivity contribution >= 4 is 27.6 Å². The van der Waals surface area contributed by atoms with Gasteiger partial charge in [-0.3, -0.25) is 4.79 Å². The minimum absolute atomic E-state index is 0.0559. The van der Waals surface area contributed by atoms with Crippen molar-refractivity contribution in [3.8, 4) is 5.75 Å². The summed E-state index contributed by atoms with van der Waals surface area (Å²) in [5.41, 5.74) is 0.252. The molecule has 2 aromatic rings. The number of nitrogens with two attached hydrogens (primary N) is 1. The number of phenolic OH excluding ortho intramolecular Hbond substituents is 1. The first kappa shape index (κ1) is 18.4. The summed E-state index contributed by atoms with van der Waals surface area (Å²) in [4.78, 5) is 23.9. The summed E-state index contributed by atoms with van der Waals surface area (Å²) in [5, 5.41) is 17.1. The number of benzene rings is 2. The van der Waals surface area contributed by atoms with E-state index in [1.165, 1.54) is 43.3 Å². The number of anilines is 1. The van der Waals surface area contributed by atoms with Crippen LogP contribution >= 0.6 is 0 Å². The molecule has 8 nitrogen and oxygen atoms in total. The third-order valence-corrected chi connectivity index (χ3v) is 4.16. The topological polar surface area (TPSA) is 136 Å². The highest BCUT2D eigenvalue weighted by Crippen LogP contribution is 2.18. The fourth-order valence-corrected chi connectivity index (χ4v) is 2.41. The van der Waals surface area contributed by atoms with Crippen LogP contribution in [0.1, 0.15) is 17.3 Å². The van der Waals surface area contributed by atoms with E-state index in [9.17, 15) is 23.1 Å². The Morgan fingerprint density at radius 2 is 1.72 bits per heavy atom. The summed E-state index contributed by atoms with van der Waals surface area (Å²) in [6.07, 6.45) is -1.13. The van der Waals surface area contributed by atoms with Crippen molar-refractivity contribution in [2.24, 2.45) is 5.14 Å². The molecule has 132 valence electrons. The van der Waals surface area contributed by atoms with E-state index in [1.54, 1.807) is 12.1 Å². The zero-order valence-electron chi connectivity index (χ0n) is 13.2. The summed E-state index contributed by atoms with van der Waals surface area (Å²) < 4.78 is 27.3. The molecule has 0 aliphatic rings. The molecule has 0 saturated carbocycles. The van der Waals surface area contributed by atoms with Crippen LogP contribution < -0.4 is 10.5 Å². The van der Waals surface area contributed by atoms with Crippen LogP contribution in [0.25, 0.3) is 0 Å². The Labute approximate surface area is 144 Å². The molecule has 0 saturated heterocycles. The molecule has 0 spiro atoms. The van der Waals surface area contributed by atoms with Gasteiger partial charge in [0.15, 0.2) is 6.10 Å². The average molecular weight is 364 g/mol. The first-order chi connectivity index (χ1) is 11.7. The summed E-state index contributed by atoms with van der Waals surface area (Å²) in [6.45, 7) is 1.37. The second-order valence-corrected chi connectivity index (χ2v) is 6.68. The Morgan fingerprint density at radius 3 is 2.28 bits per heavy atom. The molecule has 0 radical (unpaired) electrons. The van der Waals surface area contributed by atoms with Gasteiger partial charge in [0.05, 0.1) is 4.90 Å². The number of primary sulfonamides is 1. The van der Waals surface area contributed by atoms with Crippen LogP contribution in [0.2, 0.25) is 0 Å². The van der Waals surface area contributed by atoms with E-state index >= 15 is 0 Å². The van der Waals surface area contributed by atoms with Crippen LogP contribution in [0, 0.1) is 0 Å². The summed E-state index contributed by atoms with van der Waals surface area (Å²) in [7, 11) is -3.82. The summed E-state index contributed by atoms with van der Waals surface area (Å²) in [5.74, 6) is -1.71. The van der Waals surface area contributed by atoms with Gasteiger partial charge in [0.25, 0.3) is 5.91 Å². The third-order valence-electron chi connectivity index (χ3n) is 3.23. The average Bonchev–Trinajstić information content (AvgIpc) is 2.54. The maximum atomic E-state index is 12.1. The fourth-order valence-electron chi connectivity index (χ4n) is 1.90. The van der Waals surface area contributed by atoms with Crippen LogP contribution in [0.4, 0.5) is 5.69 Å². The molecule has 1 amide bonds. The highest BCUT2D eigenvalue weighted by atomic mass is 32.2. The van der Waals surface area contributed by atoms with Gasteiger partial charge in [-0.1, -0.05) is 12.1 Å². The molecule has 2 rings (SSSR count). The Bertz CT molecular complexity index is 893. The van der Waals surface area contributed by atoms with Crippen molar-refractivity contribution in [1.29, 1.82) is 0 Å². The van der Waals surface area contributed by atoms with Gasteiger partial charge in [-0.25, -0.2) is 18.4 Å². The summed E-state index contributed by atoms with van der Waals surface area (Å²) >= 11 is 0. The number of hydrogen-bond donors (Lipinski definition) is 3. The number of nitrogens with one attached hydrogen (secondary N) is 1. The predicted molar refractivity (Wildman–Crippen MR) is 89.4 cm³/mol. The molecule has 0 fully saturated rings. The zero-order valence-corrected chi connectivity index (χ0v) is 14.0. The maximum Gasteiger partial charge on any atom is 0.342 e. The largest absolute Gasteiger partial charge is 0.507 e. The number of esters is 1. The third kappa shape index (κ3) is 4.78. The van der Waals surface area contributed by atoms with E-state index < -0.39 is 28.0 Å². The molecule has 2 aromatic carbocycles. The van der Waals surface area contributed by atoms with Crippen LogP contribution in [0.3, 0.4) is 0 Å². The number of carbonyl (C=O) groups is 2. The smallest absolute Gasteiger partial charge is 0.342 e. The number of phenols is 1. The lowest BCUT2D eigenvalue weighted by Gasteiger charge is -2.14. The highest BCUT2D eigenvalue weighted by molar-refractivity contribution is 7.89. The zero-order chi connectivity index (χ0) is 18.6. The number of carbonyl (C=O) groups excluding carboxylic acids is 2. The molecule has 0 heterocycles. The van der Waals surface area contributed by atoms with Gasteiger partial charge >= 0.3 is 5.97 Å². The standard InChI is InChI=1S/C16H16N2O6S/c1-10(24-16(21)13-4-2-3-5-14(13)19)15(20)18-11-6-8-12(9-7-11)25(17,22)23/h2-10,19H,1H3,(H,18,20)(H2,17,22,23)/t10-/m0/s1. The Hall–Kier alpha value is -2.91. The lowest BCUT2D eigenvalue weighted by molar-refractivity contribution is -0.123. The molecule has 0 aromatic heterocycles. The van der Waals surface area contributed by atoms with Gasteiger partial charge in [0.2, 0.25) is 10.0 Å². The number of amides is 1. The van der Waals surface area contributed by atoms with Gasteiger partial charge in [0.1, 0.15) is 11.3 Å². The first-order valence-electron chi connectivity index (χ1n) is 7.11. The quantitative estimate of drug-likeness (QED) is 0.683. The van der Waals surface area contributed by atoms with Crippen LogP contribution in [0.15, 0.2) is 53.4 Å². The van der Waals surface area contributed by atoms with Crippen LogP contribution in [-0.4, -0.2) is 31.5 Å². The number of rotatable bonds is 5. The fraction of sp³-hybridized carbons (Fsp3) is 0.125. The van der Waals surface area contributed by atoms with E-state index in [-0.39, 0.29) is 16.2 Å². The molecule has 0 unspecified atom stereocenters. The van der Waals surface area contributed by atoms with Crippen molar-refractivity contribution in [2.75, 3.05) is 5.32 Å². The second-order valence-electron chi connectivity index (χ2n) is 5.12. The first-order valence-corrected chi connectivity index (χ1v) is 8.66. The van der Waals surface area contributed by atoms with Crippen molar-refractivity contribution < 1.29 is 27.9 Å². The molecule has 0 aliphatic heterocycles. The predicted octanol–water partition coefficient (Wildman–Crippen LogP) is 1.22. The molecule has 0 bridgehead atoms. The second kappa shape index (κ2) is 7.32. The minimum Gasteiger partial charge on any atom is -0.507 e. The summed E-state index contributed by atoms with van der Waals surface area (Å²) in [6, 6.07) is 11.0. The van der Waals surface area contributed by atoms with E-state index in [0.717, 1.165) is 0 Å². The minimum atomic E-state index is -3.82. The normalized spacial score (nSPS) is 12.2. The van der Waals surface area contributed by atoms with Crippen molar-refractivity contribution in [3.05, 3.63) is 54.1 Å². The molecule has 25 heavy (non-hydrogen) atoms. The van der Waals surface area contributed by atoms with Gasteiger partial charge < -0.3 is 15.2 Å². The Kier molecular flexibility index (Phi) is 5.40. The SMILES string of the molecule is C[C@H](OC(=O)c1ccccc1O)C(=O)Nc1ccc(S(N)(=O)=O)cc1. The molecule has 4 N–H and O–H groups in total. The number of sulfonamides is 1. The van der Waals surface area contributed by atoms with E-state index in [4.69, 9.17) is 9.88 Å². The lowest BCUT2D eigenvalue weighted by atomic mass is 10.2. The lowest BCUT2D eigenvalue weighted by Crippen LogP contribution is -2.30. The number of aromatic hydroxyl groups is 1. The highest BCUT2D eigenvalue weighted by Gasteiger charge is 2.21. The van der Waals surface area contributed by atoms with Crippen molar-refractivity contribution in [2.45, 2.75) is 17.9 Å². The van der Waals surface area contributed by atoms with Crippen molar-refractivity contribution in [3.63, 3.8) is 0 Å². The van der Waals surface area contributed by atoms with Gasteiger partial charge in [-0.2, -0.15) is 0 Å². The van der Waals surface area contributed by atoms with E-state index in [2.05, 4.69) is 5.32 Å². The Balaban J connectivity index is 2.01. The Morgan fingerprint density at radius 1 is 1.12 bits per heavy atom. The number of ether oxygens (including phenoxy) is 1. The molecule has 0 aliphatic carbocycles. The number of hydrogen-bond acceptors (Lipinski definition) is 6.